The maximum atomic E-state index is 5.90. The minimum atomic E-state index is 0.461. The summed E-state index contributed by atoms with van der Waals surface area (Å²) in [5.74, 6) is 1.33. The Hall–Kier alpha value is -0.940. The highest BCUT2D eigenvalue weighted by atomic mass is 127. The zero-order valence-corrected chi connectivity index (χ0v) is 11.2. The molecular weight excluding hydrogens is 336 g/mol. The number of para-hydroxylation sites is 1. The lowest BCUT2D eigenvalue weighted by Crippen LogP contribution is -1.92. The molecule has 0 radical (unpaired) electrons. The van der Waals surface area contributed by atoms with E-state index in [4.69, 9.17) is 22.1 Å². The monoisotopic (exact) mass is 345 g/mol. The largest absolute Gasteiger partial charge is 0.455 e. The molecule has 0 saturated heterocycles. The number of hydrogen-bond acceptors (Lipinski definition) is 2. The molecule has 2 rings (SSSR count). The Morgan fingerprint density at radius 2 is 1.88 bits per heavy atom. The van der Waals surface area contributed by atoms with Crippen LogP contribution in [0.5, 0.6) is 11.5 Å². The van der Waals surface area contributed by atoms with Gasteiger partial charge in [-0.3, -0.25) is 0 Å². The Bertz CT molecular complexity index is 516. The van der Waals surface area contributed by atoms with Crippen molar-refractivity contribution in [2.24, 2.45) is 0 Å². The molecule has 4 heteroatoms. The second kappa shape index (κ2) is 4.93. The van der Waals surface area contributed by atoms with Crippen molar-refractivity contribution >= 4 is 39.9 Å². The zero-order valence-electron chi connectivity index (χ0n) is 8.28. The minimum absolute atomic E-state index is 0.461. The first-order chi connectivity index (χ1) is 7.66. The molecule has 0 aliphatic carbocycles. The molecule has 0 amide bonds. The lowest BCUT2D eigenvalue weighted by Gasteiger charge is -2.09. The Morgan fingerprint density at radius 3 is 2.62 bits per heavy atom. The van der Waals surface area contributed by atoms with E-state index < -0.39 is 0 Å². The van der Waals surface area contributed by atoms with Crippen molar-refractivity contribution in [3.05, 3.63) is 51.1 Å². The standard InChI is InChI=1S/C12H9ClINO/c13-10-5-2-6-11(12(10)15)16-9-4-1-3-8(14)7-9/h1-7H,15H2. The summed E-state index contributed by atoms with van der Waals surface area (Å²) < 4.78 is 6.76. The molecule has 0 unspecified atom stereocenters. The second-order valence-electron chi connectivity index (χ2n) is 3.21. The van der Waals surface area contributed by atoms with Gasteiger partial charge >= 0.3 is 0 Å². The Morgan fingerprint density at radius 1 is 1.12 bits per heavy atom. The van der Waals surface area contributed by atoms with E-state index in [9.17, 15) is 0 Å². The molecule has 2 nitrogen and oxygen atoms in total. The second-order valence-corrected chi connectivity index (χ2v) is 4.86. The van der Waals surface area contributed by atoms with Gasteiger partial charge in [-0.15, -0.1) is 0 Å². The van der Waals surface area contributed by atoms with Crippen molar-refractivity contribution in [3.8, 4) is 11.5 Å². The normalized spacial score (nSPS) is 10.1. The van der Waals surface area contributed by atoms with Crippen LogP contribution in [0.15, 0.2) is 42.5 Å². The van der Waals surface area contributed by atoms with Crippen LogP contribution in [0.4, 0.5) is 5.69 Å². The first kappa shape index (κ1) is 11.5. The molecule has 0 atom stereocenters. The molecule has 0 bridgehead atoms. The van der Waals surface area contributed by atoms with Gasteiger partial charge in [0.25, 0.3) is 0 Å². The molecular formula is C12H9ClINO. The van der Waals surface area contributed by atoms with Crippen LogP contribution >= 0.6 is 34.2 Å². The summed E-state index contributed by atoms with van der Waals surface area (Å²) in [4.78, 5) is 0. The maximum absolute atomic E-state index is 5.90. The van der Waals surface area contributed by atoms with Crippen LogP contribution in [0.1, 0.15) is 0 Å². The lowest BCUT2D eigenvalue weighted by atomic mass is 10.3. The van der Waals surface area contributed by atoms with Crippen LogP contribution in [0, 0.1) is 3.57 Å². The molecule has 0 saturated carbocycles. The van der Waals surface area contributed by atoms with Gasteiger partial charge in [0.2, 0.25) is 0 Å². The topological polar surface area (TPSA) is 35.2 Å². The van der Waals surface area contributed by atoms with Crippen LogP contribution in [-0.4, -0.2) is 0 Å². The molecule has 0 fully saturated rings. The number of rotatable bonds is 2. The molecule has 2 N–H and O–H groups in total. The fourth-order valence-corrected chi connectivity index (χ4v) is 1.94. The summed E-state index contributed by atoms with van der Waals surface area (Å²) >= 11 is 8.13. The van der Waals surface area contributed by atoms with Gasteiger partial charge in [-0.1, -0.05) is 23.7 Å². The molecule has 0 aliphatic rings. The lowest BCUT2D eigenvalue weighted by molar-refractivity contribution is 0.485. The number of ether oxygens (including phenoxy) is 1. The van der Waals surface area contributed by atoms with E-state index in [2.05, 4.69) is 22.6 Å². The Balaban J connectivity index is 2.31. The van der Waals surface area contributed by atoms with Crippen molar-refractivity contribution in [1.29, 1.82) is 0 Å². The van der Waals surface area contributed by atoms with Gasteiger partial charge in [-0.25, -0.2) is 0 Å². The first-order valence-corrected chi connectivity index (χ1v) is 6.10. The van der Waals surface area contributed by atoms with Crippen LogP contribution in [0.25, 0.3) is 0 Å². The van der Waals surface area contributed by atoms with Gasteiger partial charge < -0.3 is 10.5 Å². The fraction of sp³-hybridized carbons (Fsp3) is 0. The number of nitrogens with two attached hydrogens (primary N) is 1. The van der Waals surface area contributed by atoms with E-state index >= 15 is 0 Å². The van der Waals surface area contributed by atoms with Gasteiger partial charge in [-0.05, 0) is 52.9 Å². The third-order valence-electron chi connectivity index (χ3n) is 2.04. The van der Waals surface area contributed by atoms with Gasteiger partial charge in [0.1, 0.15) is 5.75 Å². The van der Waals surface area contributed by atoms with Crippen molar-refractivity contribution in [2.45, 2.75) is 0 Å². The van der Waals surface area contributed by atoms with Crippen LogP contribution in [-0.2, 0) is 0 Å². The van der Waals surface area contributed by atoms with Gasteiger partial charge in [0, 0.05) is 3.57 Å². The van der Waals surface area contributed by atoms with Gasteiger partial charge in [0.15, 0.2) is 5.75 Å². The smallest absolute Gasteiger partial charge is 0.151 e. The highest BCUT2D eigenvalue weighted by Crippen LogP contribution is 2.32. The SMILES string of the molecule is Nc1c(Cl)cccc1Oc1cccc(I)c1. The van der Waals surface area contributed by atoms with E-state index in [1.54, 1.807) is 12.1 Å². The number of anilines is 1. The quantitative estimate of drug-likeness (QED) is 0.650. The Labute approximate surface area is 113 Å². The zero-order chi connectivity index (χ0) is 11.5. The predicted molar refractivity (Wildman–Crippen MR) is 75.1 cm³/mol. The summed E-state index contributed by atoms with van der Waals surface area (Å²) in [5.41, 5.74) is 6.27. The molecule has 0 spiro atoms. The van der Waals surface area contributed by atoms with Crippen molar-refractivity contribution < 1.29 is 4.74 Å². The highest BCUT2D eigenvalue weighted by Gasteiger charge is 2.05. The van der Waals surface area contributed by atoms with E-state index in [1.165, 1.54) is 0 Å². The average Bonchev–Trinajstić information content (AvgIpc) is 2.25. The highest BCUT2D eigenvalue weighted by molar-refractivity contribution is 14.1. The predicted octanol–water partition coefficient (Wildman–Crippen LogP) is 4.32. The van der Waals surface area contributed by atoms with Gasteiger partial charge in [-0.2, -0.15) is 0 Å². The Kier molecular flexibility index (Phi) is 3.56. The molecule has 82 valence electrons. The number of halogens is 2. The molecule has 2 aromatic carbocycles. The fourth-order valence-electron chi connectivity index (χ4n) is 1.26. The molecule has 16 heavy (non-hydrogen) atoms. The van der Waals surface area contributed by atoms with Crippen LogP contribution in [0.2, 0.25) is 5.02 Å². The summed E-state index contributed by atoms with van der Waals surface area (Å²) in [6.45, 7) is 0. The number of benzene rings is 2. The van der Waals surface area contributed by atoms with Crippen molar-refractivity contribution in [2.75, 3.05) is 5.73 Å². The van der Waals surface area contributed by atoms with Crippen molar-refractivity contribution in [3.63, 3.8) is 0 Å². The molecule has 2 aromatic rings. The van der Waals surface area contributed by atoms with Crippen LogP contribution < -0.4 is 10.5 Å². The molecule has 0 aromatic heterocycles. The summed E-state index contributed by atoms with van der Waals surface area (Å²) in [6.07, 6.45) is 0. The number of hydrogen-bond donors (Lipinski definition) is 1. The van der Waals surface area contributed by atoms with Gasteiger partial charge in [0.05, 0.1) is 10.7 Å². The van der Waals surface area contributed by atoms with E-state index in [-0.39, 0.29) is 0 Å². The third-order valence-corrected chi connectivity index (χ3v) is 3.04. The summed E-state index contributed by atoms with van der Waals surface area (Å²) in [7, 11) is 0. The number of nitrogen functional groups attached to an aromatic ring is 1. The van der Waals surface area contributed by atoms with E-state index in [1.807, 2.05) is 30.3 Å². The summed E-state index contributed by atoms with van der Waals surface area (Å²) in [6, 6.07) is 13.1. The average molecular weight is 346 g/mol. The molecule has 0 aliphatic heterocycles. The van der Waals surface area contributed by atoms with Crippen molar-refractivity contribution in [1.82, 2.24) is 0 Å². The minimum Gasteiger partial charge on any atom is -0.455 e. The maximum Gasteiger partial charge on any atom is 0.151 e. The van der Waals surface area contributed by atoms with E-state index in [0.29, 0.717) is 16.5 Å². The van der Waals surface area contributed by atoms with Crippen LogP contribution in [0.3, 0.4) is 0 Å². The van der Waals surface area contributed by atoms with E-state index in [0.717, 1.165) is 9.32 Å². The first-order valence-electron chi connectivity index (χ1n) is 4.64. The summed E-state index contributed by atoms with van der Waals surface area (Å²) in [5, 5.41) is 0.503. The molecule has 0 heterocycles. The third kappa shape index (κ3) is 2.59.